The number of benzene rings is 1. The van der Waals surface area contributed by atoms with E-state index in [1.54, 1.807) is 0 Å². The van der Waals surface area contributed by atoms with E-state index in [0.29, 0.717) is 12.5 Å². The Bertz CT molecular complexity index is 708. The summed E-state index contributed by atoms with van der Waals surface area (Å²) in [5.41, 5.74) is 2.73. The van der Waals surface area contributed by atoms with Crippen molar-refractivity contribution >= 4 is 17.2 Å². The lowest BCUT2D eigenvalue weighted by Crippen LogP contribution is -2.43. The van der Waals surface area contributed by atoms with Crippen molar-refractivity contribution in [3.05, 3.63) is 57.8 Å². The minimum absolute atomic E-state index is 0.0338. The number of ether oxygens (including phenoxy) is 1. The van der Waals surface area contributed by atoms with Crippen molar-refractivity contribution in [1.82, 2.24) is 5.32 Å². The Morgan fingerprint density at radius 3 is 2.73 bits per heavy atom. The molecule has 3 nitrogen and oxygen atoms in total. The van der Waals surface area contributed by atoms with Crippen molar-refractivity contribution < 1.29 is 9.53 Å². The smallest absolute Gasteiger partial charge is 0.261 e. The fourth-order valence-electron chi connectivity index (χ4n) is 3.83. The number of hydrogen-bond acceptors (Lipinski definition) is 3. The lowest BCUT2D eigenvalue weighted by Gasteiger charge is -2.43. The summed E-state index contributed by atoms with van der Waals surface area (Å²) in [7, 11) is 0. The van der Waals surface area contributed by atoms with Crippen molar-refractivity contribution in [2.24, 2.45) is 5.92 Å². The molecular formula is C22H29NO2S. The van der Waals surface area contributed by atoms with E-state index in [1.165, 1.54) is 22.5 Å². The quantitative estimate of drug-likeness (QED) is 0.780. The molecule has 4 heteroatoms. The number of carbonyl (C=O) groups excluding carboxylic acids is 1. The van der Waals surface area contributed by atoms with Crippen LogP contribution in [0.3, 0.4) is 0 Å². The molecule has 1 aromatic carbocycles. The van der Waals surface area contributed by atoms with Gasteiger partial charge in [0.2, 0.25) is 0 Å². The predicted octanol–water partition coefficient (Wildman–Crippen LogP) is 4.95. The van der Waals surface area contributed by atoms with Crippen LogP contribution in [0.4, 0.5) is 0 Å². The van der Waals surface area contributed by atoms with E-state index in [9.17, 15) is 4.79 Å². The highest BCUT2D eigenvalue weighted by Gasteiger charge is 2.39. The van der Waals surface area contributed by atoms with E-state index < -0.39 is 0 Å². The minimum atomic E-state index is 0.0338. The Kier molecular flexibility index (Phi) is 6.15. The maximum atomic E-state index is 12.3. The Hall–Kier alpha value is -1.65. The molecule has 0 saturated carbocycles. The molecule has 1 N–H and O–H groups in total. The number of nitrogens with one attached hydrogen (secondary N) is 1. The van der Waals surface area contributed by atoms with Crippen LogP contribution in [-0.2, 0) is 10.2 Å². The van der Waals surface area contributed by atoms with Crippen LogP contribution < -0.4 is 5.32 Å². The van der Waals surface area contributed by atoms with Crippen molar-refractivity contribution in [3.63, 3.8) is 0 Å². The molecule has 0 spiro atoms. The zero-order valence-corrected chi connectivity index (χ0v) is 16.8. The van der Waals surface area contributed by atoms with Crippen LogP contribution in [0.2, 0.25) is 0 Å². The number of thiophene rings is 1. The number of carbonyl (C=O) groups is 1. The second-order valence-electron chi connectivity index (χ2n) is 7.74. The third kappa shape index (κ3) is 4.36. The largest absolute Gasteiger partial charge is 0.378 e. The van der Waals surface area contributed by atoms with Crippen molar-refractivity contribution in [1.29, 1.82) is 0 Å². The fourth-order valence-corrected chi connectivity index (χ4v) is 4.47. The van der Waals surface area contributed by atoms with E-state index in [0.717, 1.165) is 30.7 Å². The van der Waals surface area contributed by atoms with Crippen LogP contribution in [0.1, 0.15) is 53.9 Å². The van der Waals surface area contributed by atoms with Crippen LogP contribution in [-0.4, -0.2) is 25.2 Å². The van der Waals surface area contributed by atoms with Crippen molar-refractivity contribution in [3.8, 4) is 0 Å². The van der Waals surface area contributed by atoms with Gasteiger partial charge in [-0.3, -0.25) is 4.79 Å². The van der Waals surface area contributed by atoms with Gasteiger partial charge in [-0.05, 0) is 49.1 Å². The molecule has 0 radical (unpaired) electrons. The number of amides is 1. The molecule has 1 amide bonds. The number of rotatable bonds is 6. The molecule has 0 unspecified atom stereocenters. The van der Waals surface area contributed by atoms with Crippen molar-refractivity contribution in [2.45, 2.75) is 51.6 Å². The molecule has 0 bridgehead atoms. The van der Waals surface area contributed by atoms with Crippen LogP contribution in [0.15, 0.2) is 41.8 Å². The molecule has 1 aromatic heterocycles. The van der Waals surface area contributed by atoms with Crippen LogP contribution >= 0.6 is 11.3 Å². The first kappa shape index (κ1) is 19.1. The van der Waals surface area contributed by atoms with Crippen LogP contribution in [0, 0.1) is 12.8 Å². The summed E-state index contributed by atoms with van der Waals surface area (Å²) in [4.78, 5) is 13.1. The second-order valence-corrected chi connectivity index (χ2v) is 8.68. The van der Waals surface area contributed by atoms with Gasteiger partial charge < -0.3 is 10.1 Å². The summed E-state index contributed by atoms with van der Waals surface area (Å²) < 4.78 is 6.04. The maximum Gasteiger partial charge on any atom is 0.261 e. The standard InChI is InChI=1S/C22H29NO2S/c1-16(2)19-15-22(11-13-25-19,18-8-6-17(3)7-9-18)10-12-23-21(24)20-5-4-14-26-20/h4-9,14,16,19H,10-13,15H2,1-3H3,(H,23,24)/t19-,22-/m1/s1. The van der Waals surface area contributed by atoms with Gasteiger partial charge in [0, 0.05) is 18.6 Å². The number of hydrogen-bond donors (Lipinski definition) is 1. The van der Waals surface area contributed by atoms with E-state index in [-0.39, 0.29) is 17.4 Å². The average Bonchev–Trinajstić information content (AvgIpc) is 3.17. The molecule has 1 fully saturated rings. The summed E-state index contributed by atoms with van der Waals surface area (Å²) in [5, 5.41) is 5.05. The monoisotopic (exact) mass is 371 g/mol. The first-order valence-electron chi connectivity index (χ1n) is 9.51. The highest BCUT2D eigenvalue weighted by atomic mass is 32.1. The molecule has 2 aromatic rings. The molecule has 140 valence electrons. The second kappa shape index (κ2) is 8.36. The van der Waals surface area contributed by atoms with Crippen LogP contribution in [0.25, 0.3) is 0 Å². The summed E-state index contributed by atoms with van der Waals surface area (Å²) in [6, 6.07) is 12.7. The molecule has 0 aliphatic carbocycles. The average molecular weight is 372 g/mol. The Balaban J connectivity index is 1.74. The molecule has 26 heavy (non-hydrogen) atoms. The molecule has 1 aliphatic heterocycles. The van der Waals surface area contributed by atoms with E-state index in [2.05, 4.69) is 50.4 Å². The SMILES string of the molecule is Cc1ccc([C@]2(CCNC(=O)c3cccs3)CCO[C@@H](C(C)C)C2)cc1. The normalized spacial score (nSPS) is 23.2. The summed E-state index contributed by atoms with van der Waals surface area (Å²) in [6.45, 7) is 8.06. The van der Waals surface area contributed by atoms with Gasteiger partial charge in [-0.15, -0.1) is 11.3 Å². The van der Waals surface area contributed by atoms with Gasteiger partial charge in [0.25, 0.3) is 5.91 Å². The molecule has 1 saturated heterocycles. The van der Waals surface area contributed by atoms with Crippen LogP contribution in [0.5, 0.6) is 0 Å². The fraction of sp³-hybridized carbons (Fsp3) is 0.500. The Morgan fingerprint density at radius 2 is 2.08 bits per heavy atom. The Morgan fingerprint density at radius 1 is 1.31 bits per heavy atom. The van der Waals surface area contributed by atoms with Gasteiger partial charge in [0.05, 0.1) is 11.0 Å². The minimum Gasteiger partial charge on any atom is -0.378 e. The molecule has 2 atom stereocenters. The van der Waals surface area contributed by atoms with Gasteiger partial charge in [0.15, 0.2) is 0 Å². The third-order valence-electron chi connectivity index (χ3n) is 5.55. The Labute approximate surface area is 160 Å². The molecular weight excluding hydrogens is 342 g/mol. The van der Waals surface area contributed by atoms with Gasteiger partial charge in [0.1, 0.15) is 0 Å². The first-order valence-corrected chi connectivity index (χ1v) is 10.4. The zero-order valence-electron chi connectivity index (χ0n) is 16.0. The van der Waals surface area contributed by atoms with Gasteiger partial charge >= 0.3 is 0 Å². The van der Waals surface area contributed by atoms with Crippen molar-refractivity contribution in [2.75, 3.05) is 13.2 Å². The highest BCUT2D eigenvalue weighted by Crippen LogP contribution is 2.41. The molecule has 3 rings (SSSR count). The lowest BCUT2D eigenvalue weighted by molar-refractivity contribution is -0.0468. The maximum absolute atomic E-state index is 12.3. The molecule has 2 heterocycles. The topological polar surface area (TPSA) is 38.3 Å². The predicted molar refractivity (Wildman–Crippen MR) is 108 cm³/mol. The van der Waals surface area contributed by atoms with E-state index >= 15 is 0 Å². The summed E-state index contributed by atoms with van der Waals surface area (Å²) >= 11 is 1.49. The third-order valence-corrected chi connectivity index (χ3v) is 6.41. The zero-order chi connectivity index (χ0) is 18.6. The van der Waals surface area contributed by atoms with Gasteiger partial charge in [-0.1, -0.05) is 49.7 Å². The first-order chi connectivity index (χ1) is 12.5. The lowest BCUT2D eigenvalue weighted by atomic mass is 9.68. The number of aryl methyl sites for hydroxylation is 1. The van der Waals surface area contributed by atoms with Gasteiger partial charge in [-0.25, -0.2) is 0 Å². The summed E-state index contributed by atoms with van der Waals surface area (Å²) in [6.07, 6.45) is 3.24. The van der Waals surface area contributed by atoms with E-state index in [1.807, 2.05) is 17.5 Å². The molecule has 1 aliphatic rings. The van der Waals surface area contributed by atoms with Gasteiger partial charge in [-0.2, -0.15) is 0 Å². The highest BCUT2D eigenvalue weighted by molar-refractivity contribution is 7.12. The summed E-state index contributed by atoms with van der Waals surface area (Å²) in [5.74, 6) is 0.535. The van der Waals surface area contributed by atoms with E-state index in [4.69, 9.17) is 4.74 Å².